The fourth-order valence-corrected chi connectivity index (χ4v) is 1.14. The second kappa shape index (κ2) is 5.14. The molecule has 15 heavy (non-hydrogen) atoms. The summed E-state index contributed by atoms with van der Waals surface area (Å²) in [6.45, 7) is 1.88. The third-order valence-electron chi connectivity index (χ3n) is 1.82. The van der Waals surface area contributed by atoms with E-state index in [2.05, 4.69) is 9.72 Å². The first kappa shape index (κ1) is 11.2. The van der Waals surface area contributed by atoms with Crippen molar-refractivity contribution < 1.29 is 19.4 Å². The number of aromatic nitrogens is 2. The third-order valence-corrected chi connectivity index (χ3v) is 1.82. The van der Waals surface area contributed by atoms with E-state index in [1.807, 2.05) is 0 Å². The summed E-state index contributed by atoms with van der Waals surface area (Å²) in [7, 11) is 0. The first-order valence-corrected chi connectivity index (χ1v) is 4.49. The lowest BCUT2D eigenvalue weighted by molar-refractivity contribution is -0.310. The Morgan fingerprint density at radius 3 is 2.80 bits per heavy atom. The summed E-state index contributed by atoms with van der Waals surface area (Å²) in [6.07, 6.45) is 3.95. The van der Waals surface area contributed by atoms with Crippen molar-refractivity contribution >= 4 is 11.9 Å². The van der Waals surface area contributed by atoms with Crippen molar-refractivity contribution in [2.45, 2.75) is 19.4 Å². The lowest BCUT2D eigenvalue weighted by Crippen LogP contribution is -2.34. The number of carboxylic acid groups (broad SMARTS) is 1. The quantitative estimate of drug-likeness (QED) is 0.591. The Labute approximate surface area is 86.5 Å². The van der Waals surface area contributed by atoms with Crippen molar-refractivity contribution in [2.24, 2.45) is 0 Å². The van der Waals surface area contributed by atoms with E-state index in [1.54, 1.807) is 6.92 Å². The van der Waals surface area contributed by atoms with Crippen molar-refractivity contribution in [3.8, 4) is 0 Å². The van der Waals surface area contributed by atoms with Gasteiger partial charge >= 0.3 is 5.97 Å². The van der Waals surface area contributed by atoms with Crippen LogP contribution in [0.25, 0.3) is 0 Å². The maximum Gasteiger partial charge on any atom is 0.308 e. The van der Waals surface area contributed by atoms with Gasteiger partial charge in [0.1, 0.15) is 0 Å². The van der Waals surface area contributed by atoms with E-state index in [-0.39, 0.29) is 13.0 Å². The molecule has 0 aliphatic rings. The van der Waals surface area contributed by atoms with Crippen LogP contribution in [0.2, 0.25) is 0 Å². The summed E-state index contributed by atoms with van der Waals surface area (Å²) >= 11 is 0. The summed E-state index contributed by atoms with van der Waals surface area (Å²) in [5, 5.41) is 10.8. The number of carbonyl (C=O) groups is 2. The van der Waals surface area contributed by atoms with Gasteiger partial charge in [0.15, 0.2) is 0 Å². The zero-order chi connectivity index (χ0) is 11.3. The molecule has 1 rings (SSSR count). The molecule has 0 aromatic carbocycles. The third kappa shape index (κ3) is 3.08. The van der Waals surface area contributed by atoms with Crippen LogP contribution in [0.15, 0.2) is 18.7 Å². The molecule has 1 heterocycles. The minimum atomic E-state index is -1.33. The predicted molar refractivity (Wildman–Crippen MR) is 47.5 cm³/mol. The summed E-state index contributed by atoms with van der Waals surface area (Å²) < 4.78 is 5.95. The fraction of sp³-hybridized carbons (Fsp3) is 0.444. The number of ether oxygens (including phenoxy) is 1. The maximum atomic E-state index is 11.1. The number of rotatable bonds is 5. The number of esters is 1. The van der Waals surface area contributed by atoms with Crippen molar-refractivity contribution in [2.75, 3.05) is 6.61 Å². The van der Waals surface area contributed by atoms with E-state index >= 15 is 0 Å². The number of hydrogen-bond acceptors (Lipinski definition) is 5. The molecule has 82 valence electrons. The highest BCUT2D eigenvalue weighted by molar-refractivity contribution is 5.79. The molecule has 1 aromatic heterocycles. The van der Waals surface area contributed by atoms with Gasteiger partial charge in [-0.25, -0.2) is 4.98 Å². The number of hydrogen-bond donors (Lipinski definition) is 0. The smallest absolute Gasteiger partial charge is 0.308 e. The van der Waals surface area contributed by atoms with E-state index in [9.17, 15) is 14.7 Å². The highest BCUT2D eigenvalue weighted by Gasteiger charge is 2.17. The Kier molecular flexibility index (Phi) is 3.84. The van der Waals surface area contributed by atoms with E-state index in [4.69, 9.17) is 0 Å². The second-order valence-electron chi connectivity index (χ2n) is 2.85. The van der Waals surface area contributed by atoms with Crippen LogP contribution in [0.3, 0.4) is 0 Å². The minimum absolute atomic E-state index is 0.225. The van der Waals surface area contributed by atoms with Crippen LogP contribution in [0.5, 0.6) is 0 Å². The minimum Gasteiger partial charge on any atom is -0.548 e. The van der Waals surface area contributed by atoms with Crippen molar-refractivity contribution in [1.29, 1.82) is 0 Å². The summed E-state index contributed by atoms with van der Waals surface area (Å²) in [6, 6.07) is -1.06. The lowest BCUT2D eigenvalue weighted by Gasteiger charge is -2.18. The standard InChI is InChI=1S/C9H12N2O4/c1-2-15-8(12)5-7(9(13)14)11-4-3-10-6-11/h3-4,6-7H,2,5H2,1H3,(H,13,14)/p-1. The molecule has 0 saturated carbocycles. The summed E-state index contributed by atoms with van der Waals surface area (Å²) in [5.41, 5.74) is 0. The first-order valence-electron chi connectivity index (χ1n) is 4.49. The molecule has 1 unspecified atom stereocenters. The Balaban J connectivity index is 2.68. The Hall–Kier alpha value is -1.85. The van der Waals surface area contributed by atoms with Crippen molar-refractivity contribution in [3.05, 3.63) is 18.7 Å². The highest BCUT2D eigenvalue weighted by atomic mass is 16.5. The summed E-state index contributed by atoms with van der Waals surface area (Å²) in [4.78, 5) is 25.6. The molecular weight excluding hydrogens is 200 g/mol. The molecule has 0 radical (unpaired) electrons. The van der Waals surface area contributed by atoms with E-state index in [0.717, 1.165) is 0 Å². The van der Waals surface area contributed by atoms with Crippen LogP contribution >= 0.6 is 0 Å². The molecule has 0 aliphatic carbocycles. The van der Waals surface area contributed by atoms with Gasteiger partial charge in [0, 0.05) is 12.4 Å². The SMILES string of the molecule is CCOC(=O)CC(C(=O)[O-])n1ccnc1. The Morgan fingerprint density at radius 2 is 2.33 bits per heavy atom. The van der Waals surface area contributed by atoms with Gasteiger partial charge in [-0.2, -0.15) is 0 Å². The molecule has 0 bridgehead atoms. The average molecular weight is 211 g/mol. The summed E-state index contributed by atoms with van der Waals surface area (Å²) in [5.74, 6) is -1.90. The van der Waals surface area contributed by atoms with Gasteiger partial charge in [-0.15, -0.1) is 0 Å². The predicted octanol–water partition coefficient (Wildman–Crippen LogP) is -0.873. The number of aliphatic carboxylic acids is 1. The van der Waals surface area contributed by atoms with Crippen molar-refractivity contribution in [3.63, 3.8) is 0 Å². The van der Waals surface area contributed by atoms with E-state index in [0.29, 0.717) is 0 Å². The molecule has 0 saturated heterocycles. The number of carboxylic acids is 1. The molecule has 0 aliphatic heterocycles. The van der Waals surface area contributed by atoms with Gasteiger partial charge in [-0.1, -0.05) is 0 Å². The number of nitrogens with zero attached hydrogens (tertiary/aromatic N) is 2. The maximum absolute atomic E-state index is 11.1. The van der Waals surface area contributed by atoms with Gasteiger partial charge in [0.2, 0.25) is 0 Å². The van der Waals surface area contributed by atoms with Crippen LogP contribution < -0.4 is 5.11 Å². The Bertz CT molecular complexity index is 334. The monoisotopic (exact) mass is 211 g/mol. The highest BCUT2D eigenvalue weighted by Crippen LogP contribution is 2.10. The largest absolute Gasteiger partial charge is 0.548 e. The van der Waals surface area contributed by atoms with E-state index < -0.39 is 18.0 Å². The van der Waals surface area contributed by atoms with Crippen LogP contribution in [-0.2, 0) is 14.3 Å². The van der Waals surface area contributed by atoms with Gasteiger partial charge in [0.25, 0.3) is 0 Å². The van der Waals surface area contributed by atoms with Crippen LogP contribution in [0.4, 0.5) is 0 Å². The molecule has 6 heteroatoms. The van der Waals surface area contributed by atoms with Crippen molar-refractivity contribution in [1.82, 2.24) is 9.55 Å². The Morgan fingerprint density at radius 1 is 1.60 bits per heavy atom. The first-order chi connectivity index (χ1) is 7.15. The fourth-order valence-electron chi connectivity index (χ4n) is 1.14. The average Bonchev–Trinajstić information content (AvgIpc) is 2.66. The normalized spacial score (nSPS) is 12.1. The lowest BCUT2D eigenvalue weighted by atomic mass is 10.2. The van der Waals surface area contributed by atoms with Gasteiger partial charge in [-0.05, 0) is 6.92 Å². The van der Waals surface area contributed by atoms with Gasteiger partial charge in [-0.3, -0.25) is 4.79 Å². The zero-order valence-corrected chi connectivity index (χ0v) is 8.25. The molecular formula is C9H11N2O4-. The molecule has 0 N–H and O–H groups in total. The molecule has 0 fully saturated rings. The van der Waals surface area contributed by atoms with Crippen LogP contribution in [0, 0.1) is 0 Å². The molecule has 0 spiro atoms. The number of imidazole rings is 1. The van der Waals surface area contributed by atoms with Gasteiger partial charge in [0.05, 0.1) is 31.4 Å². The molecule has 0 amide bonds. The van der Waals surface area contributed by atoms with Crippen LogP contribution in [0.1, 0.15) is 19.4 Å². The molecule has 1 atom stereocenters. The number of carbonyl (C=O) groups excluding carboxylic acids is 2. The zero-order valence-electron chi connectivity index (χ0n) is 8.25. The molecule has 1 aromatic rings. The van der Waals surface area contributed by atoms with Gasteiger partial charge < -0.3 is 19.2 Å². The van der Waals surface area contributed by atoms with E-state index in [1.165, 1.54) is 23.3 Å². The second-order valence-corrected chi connectivity index (χ2v) is 2.85. The van der Waals surface area contributed by atoms with Crippen LogP contribution in [-0.4, -0.2) is 28.1 Å². The molecule has 6 nitrogen and oxygen atoms in total. The topological polar surface area (TPSA) is 84.3 Å².